The van der Waals surface area contributed by atoms with Crippen LogP contribution in [0, 0.1) is 6.92 Å². The smallest absolute Gasteiger partial charge is 0.264 e. The molecule has 3 rings (SSSR count). The van der Waals surface area contributed by atoms with Crippen molar-refractivity contribution in [2.75, 3.05) is 29.9 Å². The molecule has 0 aliphatic rings. The van der Waals surface area contributed by atoms with Gasteiger partial charge in [-0.25, -0.2) is 8.42 Å². The van der Waals surface area contributed by atoms with Crippen molar-refractivity contribution in [3.8, 4) is 11.5 Å². The van der Waals surface area contributed by atoms with Gasteiger partial charge >= 0.3 is 0 Å². The molecule has 0 fully saturated rings. The van der Waals surface area contributed by atoms with Crippen molar-refractivity contribution in [2.24, 2.45) is 0 Å². The molecule has 7 nitrogen and oxygen atoms in total. The third kappa shape index (κ3) is 5.59. The van der Waals surface area contributed by atoms with Crippen LogP contribution in [0.4, 0.5) is 11.4 Å². The molecule has 0 saturated heterocycles. The standard InChI is InChI=1S/C24H26N2O5S/c1-4-31-22-7-5-6-19(16-22)25-24(27)17-26(20-10-8-18(2)9-11-20)32(28,29)23-14-12-21(30-3)13-15-23/h5-16H,4,17H2,1-3H3,(H,25,27). The zero-order chi connectivity index (χ0) is 23.1. The summed E-state index contributed by atoms with van der Waals surface area (Å²) in [5, 5.41) is 2.75. The number of hydrogen-bond acceptors (Lipinski definition) is 5. The number of nitrogens with zero attached hydrogens (tertiary/aromatic N) is 1. The number of sulfonamides is 1. The second kappa shape index (κ2) is 10.2. The molecule has 1 N–H and O–H groups in total. The Hall–Kier alpha value is -3.52. The summed E-state index contributed by atoms with van der Waals surface area (Å²) in [6.07, 6.45) is 0. The minimum Gasteiger partial charge on any atom is -0.497 e. The van der Waals surface area contributed by atoms with Gasteiger partial charge in [-0.3, -0.25) is 9.10 Å². The highest BCUT2D eigenvalue weighted by Gasteiger charge is 2.27. The van der Waals surface area contributed by atoms with Gasteiger partial charge in [0, 0.05) is 11.8 Å². The largest absolute Gasteiger partial charge is 0.497 e. The van der Waals surface area contributed by atoms with Crippen molar-refractivity contribution in [1.29, 1.82) is 0 Å². The number of aryl methyl sites for hydroxylation is 1. The first-order chi connectivity index (χ1) is 15.3. The molecule has 0 aliphatic carbocycles. The van der Waals surface area contributed by atoms with Gasteiger partial charge < -0.3 is 14.8 Å². The fourth-order valence-corrected chi connectivity index (χ4v) is 4.48. The zero-order valence-corrected chi connectivity index (χ0v) is 19.1. The van der Waals surface area contributed by atoms with Gasteiger partial charge in [-0.05, 0) is 62.4 Å². The van der Waals surface area contributed by atoms with E-state index in [-0.39, 0.29) is 4.90 Å². The summed E-state index contributed by atoms with van der Waals surface area (Å²) in [6, 6.07) is 20.0. The molecule has 32 heavy (non-hydrogen) atoms. The van der Waals surface area contributed by atoms with Crippen LogP contribution in [0.2, 0.25) is 0 Å². The first-order valence-electron chi connectivity index (χ1n) is 10.1. The van der Waals surface area contributed by atoms with E-state index in [0.717, 1.165) is 9.87 Å². The number of anilines is 2. The Balaban J connectivity index is 1.90. The molecule has 0 spiro atoms. The molecule has 0 atom stereocenters. The van der Waals surface area contributed by atoms with Crippen molar-refractivity contribution in [3.63, 3.8) is 0 Å². The van der Waals surface area contributed by atoms with E-state index in [1.54, 1.807) is 60.7 Å². The monoisotopic (exact) mass is 454 g/mol. The molecular weight excluding hydrogens is 428 g/mol. The van der Waals surface area contributed by atoms with Crippen molar-refractivity contribution in [1.82, 2.24) is 0 Å². The van der Waals surface area contributed by atoms with Gasteiger partial charge in [0.2, 0.25) is 5.91 Å². The van der Waals surface area contributed by atoms with Crippen molar-refractivity contribution >= 4 is 27.3 Å². The normalized spacial score (nSPS) is 11.0. The van der Waals surface area contributed by atoms with Gasteiger partial charge in [-0.1, -0.05) is 23.8 Å². The van der Waals surface area contributed by atoms with Crippen molar-refractivity contribution in [2.45, 2.75) is 18.7 Å². The second-order valence-corrected chi connectivity index (χ2v) is 8.89. The molecular formula is C24H26N2O5S. The van der Waals surface area contributed by atoms with Crippen LogP contribution in [0.25, 0.3) is 0 Å². The molecule has 8 heteroatoms. The fourth-order valence-electron chi connectivity index (χ4n) is 3.06. The number of carbonyl (C=O) groups is 1. The summed E-state index contributed by atoms with van der Waals surface area (Å²) >= 11 is 0. The minimum atomic E-state index is -4.00. The molecule has 0 heterocycles. The zero-order valence-electron chi connectivity index (χ0n) is 18.2. The van der Waals surface area contributed by atoms with Gasteiger partial charge in [0.1, 0.15) is 18.0 Å². The molecule has 0 aromatic heterocycles. The first kappa shape index (κ1) is 23.1. The van der Waals surface area contributed by atoms with Crippen LogP contribution in [-0.2, 0) is 14.8 Å². The number of amides is 1. The van der Waals surface area contributed by atoms with Crippen LogP contribution < -0.4 is 19.1 Å². The van der Waals surface area contributed by atoms with Crippen LogP contribution in [0.1, 0.15) is 12.5 Å². The lowest BCUT2D eigenvalue weighted by atomic mass is 10.2. The molecule has 0 saturated carbocycles. The number of hydrogen-bond donors (Lipinski definition) is 1. The third-order valence-corrected chi connectivity index (χ3v) is 6.47. The lowest BCUT2D eigenvalue weighted by Gasteiger charge is -2.24. The molecule has 0 aliphatic heterocycles. The lowest BCUT2D eigenvalue weighted by molar-refractivity contribution is -0.114. The Bertz CT molecular complexity index is 1160. The average molecular weight is 455 g/mol. The average Bonchev–Trinajstić information content (AvgIpc) is 2.78. The summed E-state index contributed by atoms with van der Waals surface area (Å²) in [7, 11) is -2.50. The second-order valence-electron chi connectivity index (χ2n) is 7.03. The summed E-state index contributed by atoms with van der Waals surface area (Å²) < 4.78 is 38.5. The summed E-state index contributed by atoms with van der Waals surface area (Å²) in [5.41, 5.74) is 1.89. The van der Waals surface area contributed by atoms with E-state index >= 15 is 0 Å². The highest BCUT2D eigenvalue weighted by molar-refractivity contribution is 7.92. The Morgan fingerprint density at radius 2 is 1.66 bits per heavy atom. The Morgan fingerprint density at radius 1 is 0.969 bits per heavy atom. The number of methoxy groups -OCH3 is 1. The highest BCUT2D eigenvalue weighted by Crippen LogP contribution is 2.26. The van der Waals surface area contributed by atoms with Crippen molar-refractivity contribution < 1.29 is 22.7 Å². The predicted molar refractivity (Wildman–Crippen MR) is 125 cm³/mol. The van der Waals surface area contributed by atoms with Crippen LogP contribution in [0.5, 0.6) is 11.5 Å². The SMILES string of the molecule is CCOc1cccc(NC(=O)CN(c2ccc(C)cc2)S(=O)(=O)c2ccc(OC)cc2)c1. The summed E-state index contributed by atoms with van der Waals surface area (Å²) in [5.74, 6) is 0.681. The maximum atomic E-state index is 13.4. The van der Waals surface area contributed by atoms with E-state index in [4.69, 9.17) is 9.47 Å². The van der Waals surface area contributed by atoms with Gasteiger partial charge in [0.05, 0.1) is 24.3 Å². The third-order valence-electron chi connectivity index (χ3n) is 4.69. The van der Waals surface area contributed by atoms with Gasteiger partial charge in [0.25, 0.3) is 10.0 Å². The van der Waals surface area contributed by atoms with E-state index in [0.29, 0.717) is 29.5 Å². The number of carbonyl (C=O) groups excluding carboxylic acids is 1. The minimum absolute atomic E-state index is 0.0602. The van der Waals surface area contributed by atoms with E-state index in [1.165, 1.54) is 19.2 Å². The van der Waals surface area contributed by atoms with Gasteiger partial charge in [-0.15, -0.1) is 0 Å². The Kier molecular flexibility index (Phi) is 7.37. The Labute approximate surface area is 188 Å². The molecule has 3 aromatic carbocycles. The van der Waals surface area contributed by atoms with E-state index < -0.39 is 22.5 Å². The fraction of sp³-hybridized carbons (Fsp3) is 0.208. The van der Waals surface area contributed by atoms with Crippen LogP contribution >= 0.6 is 0 Å². The molecule has 0 bridgehead atoms. The van der Waals surface area contributed by atoms with Gasteiger partial charge in [-0.2, -0.15) is 0 Å². The van der Waals surface area contributed by atoms with Crippen LogP contribution in [0.3, 0.4) is 0 Å². The molecule has 0 radical (unpaired) electrons. The van der Waals surface area contributed by atoms with E-state index in [2.05, 4.69) is 5.32 Å². The summed E-state index contributed by atoms with van der Waals surface area (Å²) in [6.45, 7) is 3.88. The maximum absolute atomic E-state index is 13.4. The molecule has 3 aromatic rings. The quantitative estimate of drug-likeness (QED) is 0.523. The maximum Gasteiger partial charge on any atom is 0.264 e. The number of ether oxygens (including phenoxy) is 2. The van der Waals surface area contributed by atoms with Crippen molar-refractivity contribution in [3.05, 3.63) is 78.4 Å². The van der Waals surface area contributed by atoms with E-state index in [9.17, 15) is 13.2 Å². The van der Waals surface area contributed by atoms with Crippen LogP contribution in [0.15, 0.2) is 77.7 Å². The molecule has 1 amide bonds. The first-order valence-corrected chi connectivity index (χ1v) is 11.5. The predicted octanol–water partition coefficient (Wildman–Crippen LogP) is 4.24. The summed E-state index contributed by atoms with van der Waals surface area (Å²) in [4.78, 5) is 12.9. The molecule has 168 valence electrons. The number of nitrogens with one attached hydrogen (secondary N) is 1. The Morgan fingerprint density at radius 3 is 2.28 bits per heavy atom. The lowest BCUT2D eigenvalue weighted by Crippen LogP contribution is -2.38. The topological polar surface area (TPSA) is 84.9 Å². The molecule has 0 unspecified atom stereocenters. The number of benzene rings is 3. The highest BCUT2D eigenvalue weighted by atomic mass is 32.2. The van der Waals surface area contributed by atoms with Crippen LogP contribution in [-0.4, -0.2) is 34.6 Å². The number of rotatable bonds is 9. The van der Waals surface area contributed by atoms with Gasteiger partial charge in [0.15, 0.2) is 0 Å². The van der Waals surface area contributed by atoms with E-state index in [1.807, 2.05) is 13.8 Å².